The number of allylic oxidation sites excluding steroid dienone is 1. The van der Waals surface area contributed by atoms with Gasteiger partial charge in [-0.15, -0.1) is 0 Å². The molecule has 0 radical (unpaired) electrons. The molecule has 2 aliphatic carbocycles. The Bertz CT molecular complexity index is 342. The number of rotatable bonds is 3. The lowest BCUT2D eigenvalue weighted by Crippen LogP contribution is -2.49. The Balaban J connectivity index is 2.22. The molecule has 1 heteroatoms. The Hall–Kier alpha value is -0.300. The minimum atomic E-state index is -0.173. The third-order valence-corrected chi connectivity index (χ3v) is 6.19. The molecule has 0 saturated heterocycles. The summed E-state index contributed by atoms with van der Waals surface area (Å²) in [6.07, 6.45) is 8.49. The molecule has 2 saturated carbocycles. The fourth-order valence-corrected chi connectivity index (χ4v) is 5.22. The van der Waals surface area contributed by atoms with Crippen LogP contribution in [0.3, 0.4) is 0 Å². The lowest BCUT2D eigenvalue weighted by molar-refractivity contribution is -0.0563. The molecule has 0 aliphatic heterocycles. The zero-order valence-electron chi connectivity index (χ0n) is 13.3. The molecule has 0 aromatic heterocycles. The zero-order chi connectivity index (χ0) is 14.3. The van der Waals surface area contributed by atoms with Crippen molar-refractivity contribution in [1.29, 1.82) is 0 Å². The van der Waals surface area contributed by atoms with E-state index in [1.807, 2.05) is 6.92 Å². The molecule has 0 amide bonds. The number of fused-ring (bicyclic) bond motifs is 1. The molecule has 19 heavy (non-hydrogen) atoms. The van der Waals surface area contributed by atoms with Crippen molar-refractivity contribution >= 4 is 0 Å². The summed E-state index contributed by atoms with van der Waals surface area (Å²) in [6.45, 7) is 13.7. The number of aliphatic hydroxyl groups excluding tert-OH is 1. The van der Waals surface area contributed by atoms with E-state index in [2.05, 4.69) is 27.4 Å². The second-order valence-corrected chi connectivity index (χ2v) is 8.08. The Labute approximate surface area is 119 Å². The fraction of sp³-hybridized carbons (Fsp3) is 0.889. The van der Waals surface area contributed by atoms with E-state index in [1.165, 1.54) is 37.7 Å². The molecule has 0 spiro atoms. The summed E-state index contributed by atoms with van der Waals surface area (Å²) in [7, 11) is 0. The number of aliphatic hydroxyl groups is 1. The van der Waals surface area contributed by atoms with Crippen LogP contribution in [0.2, 0.25) is 0 Å². The molecular weight excluding hydrogens is 232 g/mol. The van der Waals surface area contributed by atoms with Crippen molar-refractivity contribution < 1.29 is 5.11 Å². The Kier molecular flexibility index (Phi) is 4.16. The Morgan fingerprint density at radius 2 is 2.00 bits per heavy atom. The first-order chi connectivity index (χ1) is 8.77. The van der Waals surface area contributed by atoms with Gasteiger partial charge in [0.25, 0.3) is 0 Å². The maximum absolute atomic E-state index is 9.62. The lowest BCUT2D eigenvalue weighted by atomic mass is 9.47. The second kappa shape index (κ2) is 5.24. The topological polar surface area (TPSA) is 20.2 Å². The first-order valence-electron chi connectivity index (χ1n) is 8.13. The van der Waals surface area contributed by atoms with Crippen LogP contribution < -0.4 is 0 Å². The molecule has 1 N–H and O–H groups in total. The molecule has 2 aliphatic rings. The zero-order valence-corrected chi connectivity index (χ0v) is 13.3. The van der Waals surface area contributed by atoms with Gasteiger partial charge in [-0.2, -0.15) is 0 Å². The fourth-order valence-electron chi connectivity index (χ4n) is 5.22. The third-order valence-electron chi connectivity index (χ3n) is 6.19. The minimum absolute atomic E-state index is 0.173. The van der Waals surface area contributed by atoms with Crippen molar-refractivity contribution in [2.24, 2.45) is 22.7 Å². The van der Waals surface area contributed by atoms with E-state index in [1.54, 1.807) is 0 Å². The van der Waals surface area contributed by atoms with Crippen molar-refractivity contribution in [2.75, 3.05) is 0 Å². The van der Waals surface area contributed by atoms with E-state index in [0.717, 1.165) is 18.8 Å². The van der Waals surface area contributed by atoms with Gasteiger partial charge in [-0.05, 0) is 68.1 Å². The van der Waals surface area contributed by atoms with Gasteiger partial charge in [0.1, 0.15) is 0 Å². The van der Waals surface area contributed by atoms with Gasteiger partial charge < -0.3 is 5.11 Å². The van der Waals surface area contributed by atoms with Crippen LogP contribution in [0.25, 0.3) is 0 Å². The summed E-state index contributed by atoms with van der Waals surface area (Å²) in [4.78, 5) is 0. The van der Waals surface area contributed by atoms with Gasteiger partial charge in [0.15, 0.2) is 0 Å². The van der Waals surface area contributed by atoms with Crippen molar-refractivity contribution in [3.8, 4) is 0 Å². The predicted octanol–water partition coefficient (Wildman–Crippen LogP) is 4.95. The molecule has 2 rings (SSSR count). The highest BCUT2D eigenvalue weighted by atomic mass is 16.3. The van der Waals surface area contributed by atoms with E-state index in [-0.39, 0.29) is 6.10 Å². The smallest absolute Gasteiger partial charge is 0.0512 e. The quantitative estimate of drug-likeness (QED) is 0.715. The van der Waals surface area contributed by atoms with Gasteiger partial charge in [-0.3, -0.25) is 0 Å². The Morgan fingerprint density at radius 3 is 2.63 bits per heavy atom. The van der Waals surface area contributed by atoms with Crippen LogP contribution in [0, 0.1) is 22.7 Å². The average molecular weight is 264 g/mol. The summed E-state index contributed by atoms with van der Waals surface area (Å²) < 4.78 is 0. The summed E-state index contributed by atoms with van der Waals surface area (Å²) in [5.74, 6) is 1.46. The highest BCUT2D eigenvalue weighted by Crippen LogP contribution is 2.61. The van der Waals surface area contributed by atoms with Crippen LogP contribution in [0.1, 0.15) is 72.6 Å². The second-order valence-electron chi connectivity index (χ2n) is 8.08. The standard InChI is InChI=1S/C18H32O/c1-13-7-10-16-17(3,4)11-6-12-18(16,5)15(13)9-8-14(2)19/h14-16,19H,1,6-12H2,2-5H3/t14?,15-,16?,18+/m0/s1. The van der Waals surface area contributed by atoms with Crippen molar-refractivity contribution in [2.45, 2.75) is 78.7 Å². The summed E-state index contributed by atoms with van der Waals surface area (Å²) in [5.41, 5.74) is 2.36. The van der Waals surface area contributed by atoms with Crippen molar-refractivity contribution in [3.63, 3.8) is 0 Å². The molecule has 0 heterocycles. The first kappa shape index (κ1) is 15.1. The average Bonchev–Trinajstić information content (AvgIpc) is 2.26. The summed E-state index contributed by atoms with van der Waals surface area (Å²) >= 11 is 0. The van der Waals surface area contributed by atoms with E-state index in [0.29, 0.717) is 16.7 Å². The molecule has 110 valence electrons. The lowest BCUT2D eigenvalue weighted by Gasteiger charge is -2.58. The molecule has 1 nitrogen and oxygen atoms in total. The van der Waals surface area contributed by atoms with Crippen molar-refractivity contribution in [3.05, 3.63) is 12.2 Å². The van der Waals surface area contributed by atoms with Gasteiger partial charge in [0.2, 0.25) is 0 Å². The van der Waals surface area contributed by atoms with Crippen LogP contribution in [0.5, 0.6) is 0 Å². The third kappa shape index (κ3) is 2.77. The van der Waals surface area contributed by atoms with E-state index in [4.69, 9.17) is 0 Å². The monoisotopic (exact) mass is 264 g/mol. The van der Waals surface area contributed by atoms with Gasteiger partial charge in [0.05, 0.1) is 6.10 Å². The summed E-state index contributed by atoms with van der Waals surface area (Å²) in [5, 5.41) is 9.62. The highest BCUT2D eigenvalue weighted by Gasteiger charge is 2.52. The highest BCUT2D eigenvalue weighted by molar-refractivity contribution is 5.15. The maximum atomic E-state index is 9.62. The van der Waals surface area contributed by atoms with E-state index >= 15 is 0 Å². The van der Waals surface area contributed by atoms with Gasteiger partial charge in [-0.1, -0.05) is 39.3 Å². The first-order valence-corrected chi connectivity index (χ1v) is 8.13. The minimum Gasteiger partial charge on any atom is -0.393 e. The molecule has 0 bridgehead atoms. The van der Waals surface area contributed by atoms with E-state index < -0.39 is 0 Å². The molecule has 4 atom stereocenters. The van der Waals surface area contributed by atoms with E-state index in [9.17, 15) is 5.11 Å². The number of hydrogen-bond acceptors (Lipinski definition) is 1. The number of hydrogen-bond donors (Lipinski definition) is 1. The van der Waals surface area contributed by atoms with Crippen molar-refractivity contribution in [1.82, 2.24) is 0 Å². The normalized spacial score (nSPS) is 39.7. The molecule has 2 fully saturated rings. The Morgan fingerprint density at radius 1 is 1.32 bits per heavy atom. The molecule has 0 aromatic rings. The van der Waals surface area contributed by atoms with Crippen LogP contribution in [-0.4, -0.2) is 11.2 Å². The molecular formula is C18H32O. The van der Waals surface area contributed by atoms with Crippen LogP contribution >= 0.6 is 0 Å². The SMILES string of the molecule is C=C1CCC2C(C)(C)CCC[C@]2(C)[C@H]1CCC(C)O. The largest absolute Gasteiger partial charge is 0.393 e. The van der Waals surface area contributed by atoms with Gasteiger partial charge >= 0.3 is 0 Å². The van der Waals surface area contributed by atoms with Gasteiger partial charge in [-0.25, -0.2) is 0 Å². The van der Waals surface area contributed by atoms with Gasteiger partial charge in [0, 0.05) is 0 Å². The maximum Gasteiger partial charge on any atom is 0.0512 e. The molecule has 0 aromatic carbocycles. The predicted molar refractivity (Wildman–Crippen MR) is 82.0 cm³/mol. The van der Waals surface area contributed by atoms with Crippen LogP contribution in [0.4, 0.5) is 0 Å². The van der Waals surface area contributed by atoms with Crippen LogP contribution in [0.15, 0.2) is 12.2 Å². The molecule has 2 unspecified atom stereocenters. The summed E-state index contributed by atoms with van der Waals surface area (Å²) in [6, 6.07) is 0. The van der Waals surface area contributed by atoms with Crippen LogP contribution in [-0.2, 0) is 0 Å².